The monoisotopic (exact) mass is 348 g/mol. The Hall–Kier alpha value is -1.79. The minimum Gasteiger partial charge on any atom is -0.465 e. The lowest BCUT2D eigenvalue weighted by atomic mass is 10.2. The average Bonchev–Trinajstić information content (AvgIpc) is 3.19. The largest absolute Gasteiger partial charge is 0.465 e. The summed E-state index contributed by atoms with van der Waals surface area (Å²) in [6, 6.07) is 11.1. The fourth-order valence-corrected chi connectivity index (χ4v) is 3.76. The van der Waals surface area contributed by atoms with Crippen LogP contribution in [0.25, 0.3) is 0 Å². The zero-order valence-electron chi connectivity index (χ0n) is 14.2. The highest BCUT2D eigenvalue weighted by molar-refractivity contribution is 7.90. The predicted octanol–water partition coefficient (Wildman–Crippen LogP) is 3.24. The van der Waals surface area contributed by atoms with Crippen LogP contribution in [0.15, 0.2) is 45.7 Å². The van der Waals surface area contributed by atoms with Crippen molar-refractivity contribution in [3.8, 4) is 0 Å². The molecule has 1 fully saturated rings. The lowest BCUT2D eigenvalue weighted by Gasteiger charge is -2.26. The highest BCUT2D eigenvalue weighted by atomic mass is 32.2. The van der Waals surface area contributed by atoms with Crippen LogP contribution >= 0.6 is 0 Å². The maximum absolute atomic E-state index is 11.5. The van der Waals surface area contributed by atoms with E-state index in [4.69, 9.17) is 4.42 Å². The lowest BCUT2D eigenvalue weighted by Crippen LogP contribution is -2.30. The molecule has 0 unspecified atom stereocenters. The number of hydrogen-bond acceptors (Lipinski definition) is 5. The lowest BCUT2D eigenvalue weighted by molar-refractivity contribution is 0.223. The average molecular weight is 348 g/mol. The number of nitrogens with zero attached hydrogens (tertiary/aromatic N) is 1. The third kappa shape index (κ3) is 3.99. The van der Waals surface area contributed by atoms with Crippen molar-refractivity contribution in [3.63, 3.8) is 0 Å². The molecule has 0 amide bonds. The third-order valence-electron chi connectivity index (χ3n) is 4.45. The molecule has 0 spiro atoms. The fraction of sp³-hybridized carbons (Fsp3) is 0.444. The quantitative estimate of drug-likeness (QED) is 0.868. The van der Waals surface area contributed by atoms with Gasteiger partial charge in [-0.3, -0.25) is 4.90 Å². The van der Waals surface area contributed by atoms with Crippen molar-refractivity contribution in [1.82, 2.24) is 4.90 Å². The molecule has 0 bridgehead atoms. The van der Waals surface area contributed by atoms with Gasteiger partial charge in [0.2, 0.25) is 0 Å². The molecule has 1 N–H and O–H groups in total. The normalized spacial score (nSPS) is 17.1. The summed E-state index contributed by atoms with van der Waals surface area (Å²) in [5.41, 5.74) is 0.912. The molecule has 0 radical (unpaired) electrons. The summed E-state index contributed by atoms with van der Waals surface area (Å²) in [6.07, 6.45) is 3.66. The van der Waals surface area contributed by atoms with Gasteiger partial charge in [0.1, 0.15) is 11.5 Å². The summed E-state index contributed by atoms with van der Waals surface area (Å²) >= 11 is 0. The number of hydrogen-bond donors (Lipinski definition) is 1. The van der Waals surface area contributed by atoms with Gasteiger partial charge in [-0.15, -0.1) is 0 Å². The van der Waals surface area contributed by atoms with Crippen LogP contribution < -0.4 is 5.32 Å². The molecule has 1 atom stereocenters. The van der Waals surface area contributed by atoms with Gasteiger partial charge in [-0.05, 0) is 69.3 Å². The van der Waals surface area contributed by atoms with Crippen LogP contribution in [0.3, 0.4) is 0 Å². The van der Waals surface area contributed by atoms with E-state index < -0.39 is 9.84 Å². The Balaban J connectivity index is 1.71. The molecule has 1 aliphatic rings. The second-order valence-electron chi connectivity index (χ2n) is 6.38. The van der Waals surface area contributed by atoms with Crippen molar-refractivity contribution in [3.05, 3.63) is 47.9 Å². The highest BCUT2D eigenvalue weighted by Crippen LogP contribution is 2.27. The number of furan rings is 1. The van der Waals surface area contributed by atoms with E-state index in [0.717, 1.165) is 36.8 Å². The van der Waals surface area contributed by atoms with Crippen molar-refractivity contribution in [2.45, 2.75) is 30.7 Å². The van der Waals surface area contributed by atoms with Gasteiger partial charge >= 0.3 is 0 Å². The third-order valence-corrected chi connectivity index (χ3v) is 5.58. The van der Waals surface area contributed by atoms with E-state index >= 15 is 0 Å². The molecule has 2 heterocycles. The van der Waals surface area contributed by atoms with E-state index in [-0.39, 0.29) is 6.04 Å². The molecule has 1 aromatic carbocycles. The molecular formula is C18H24N2O3S. The Morgan fingerprint density at radius 2 is 1.79 bits per heavy atom. The number of sulfone groups is 1. The Morgan fingerprint density at radius 1 is 1.12 bits per heavy atom. The first kappa shape index (κ1) is 17.0. The number of anilines is 1. The van der Waals surface area contributed by atoms with Crippen molar-refractivity contribution in [2.24, 2.45) is 0 Å². The van der Waals surface area contributed by atoms with Gasteiger partial charge in [0.25, 0.3) is 0 Å². The SMILES string of the molecule is Cc1ccc([C@H](CNc2ccc(S(C)(=O)=O)cc2)N2CCCC2)o1. The maximum atomic E-state index is 11.5. The van der Waals surface area contributed by atoms with Crippen molar-refractivity contribution < 1.29 is 12.8 Å². The van der Waals surface area contributed by atoms with Crippen LogP contribution in [0.4, 0.5) is 5.69 Å². The number of benzene rings is 1. The number of likely N-dealkylation sites (tertiary alicyclic amines) is 1. The molecule has 2 aromatic rings. The van der Waals surface area contributed by atoms with Gasteiger partial charge in [0, 0.05) is 18.5 Å². The fourth-order valence-electron chi connectivity index (χ4n) is 3.13. The van der Waals surface area contributed by atoms with Crippen LogP contribution in [0.5, 0.6) is 0 Å². The molecule has 0 saturated carbocycles. The molecule has 5 nitrogen and oxygen atoms in total. The number of rotatable bonds is 6. The van der Waals surface area contributed by atoms with Crippen molar-refractivity contribution >= 4 is 15.5 Å². The number of aryl methyl sites for hydroxylation is 1. The first-order valence-corrected chi connectivity index (χ1v) is 10.2. The van der Waals surface area contributed by atoms with Crippen LogP contribution in [-0.4, -0.2) is 39.2 Å². The summed E-state index contributed by atoms with van der Waals surface area (Å²) in [7, 11) is -3.16. The van der Waals surface area contributed by atoms with Crippen LogP contribution in [0, 0.1) is 6.92 Å². The van der Waals surface area contributed by atoms with Gasteiger partial charge in [-0.25, -0.2) is 8.42 Å². The minimum absolute atomic E-state index is 0.191. The smallest absolute Gasteiger partial charge is 0.175 e. The predicted molar refractivity (Wildman–Crippen MR) is 95.0 cm³/mol. The second kappa shape index (κ2) is 6.99. The molecule has 1 aromatic heterocycles. The zero-order chi connectivity index (χ0) is 17.2. The van der Waals surface area contributed by atoms with E-state index in [1.165, 1.54) is 19.1 Å². The van der Waals surface area contributed by atoms with Crippen LogP contribution in [0.1, 0.15) is 30.4 Å². The van der Waals surface area contributed by atoms with E-state index in [9.17, 15) is 8.42 Å². The topological polar surface area (TPSA) is 62.6 Å². The van der Waals surface area contributed by atoms with Gasteiger partial charge in [-0.2, -0.15) is 0 Å². The van der Waals surface area contributed by atoms with Crippen LogP contribution in [0.2, 0.25) is 0 Å². The van der Waals surface area contributed by atoms with E-state index in [1.807, 2.05) is 31.2 Å². The van der Waals surface area contributed by atoms with E-state index in [0.29, 0.717) is 4.90 Å². The molecule has 1 saturated heterocycles. The first-order chi connectivity index (χ1) is 11.4. The van der Waals surface area contributed by atoms with Crippen molar-refractivity contribution in [1.29, 1.82) is 0 Å². The van der Waals surface area contributed by atoms with Gasteiger partial charge in [0.15, 0.2) is 9.84 Å². The summed E-state index contributed by atoms with van der Waals surface area (Å²) in [4.78, 5) is 2.78. The maximum Gasteiger partial charge on any atom is 0.175 e. The highest BCUT2D eigenvalue weighted by Gasteiger charge is 2.25. The van der Waals surface area contributed by atoms with Gasteiger partial charge in [-0.1, -0.05) is 0 Å². The molecule has 24 heavy (non-hydrogen) atoms. The Morgan fingerprint density at radius 3 is 2.33 bits per heavy atom. The summed E-state index contributed by atoms with van der Waals surface area (Å²) < 4.78 is 28.9. The van der Waals surface area contributed by atoms with Crippen molar-refractivity contribution in [2.75, 3.05) is 31.2 Å². The molecule has 1 aliphatic heterocycles. The minimum atomic E-state index is -3.16. The van der Waals surface area contributed by atoms with Gasteiger partial charge < -0.3 is 9.73 Å². The Bertz CT molecular complexity index is 775. The standard InChI is InChI=1S/C18H24N2O3S/c1-14-5-10-18(23-14)17(20-11-3-4-12-20)13-19-15-6-8-16(9-7-15)24(2,21)22/h5-10,17,19H,3-4,11-13H2,1-2H3/t17-/m0/s1. The summed E-state index contributed by atoms with van der Waals surface area (Å²) in [6.45, 7) is 4.85. The Labute approximate surface area is 143 Å². The van der Waals surface area contributed by atoms with Crippen LogP contribution in [-0.2, 0) is 9.84 Å². The summed E-state index contributed by atoms with van der Waals surface area (Å²) in [5.74, 6) is 1.90. The number of nitrogens with one attached hydrogen (secondary N) is 1. The molecule has 0 aliphatic carbocycles. The molecule has 3 rings (SSSR count). The summed E-state index contributed by atoms with van der Waals surface area (Å²) in [5, 5.41) is 3.41. The second-order valence-corrected chi connectivity index (χ2v) is 8.40. The Kier molecular flexibility index (Phi) is 4.96. The van der Waals surface area contributed by atoms with Gasteiger partial charge in [0.05, 0.1) is 10.9 Å². The van der Waals surface area contributed by atoms with E-state index in [1.54, 1.807) is 12.1 Å². The zero-order valence-corrected chi connectivity index (χ0v) is 15.0. The molecule has 130 valence electrons. The van der Waals surface area contributed by atoms with E-state index in [2.05, 4.69) is 10.2 Å². The first-order valence-electron chi connectivity index (χ1n) is 8.28. The molecular weight excluding hydrogens is 324 g/mol. The molecule has 6 heteroatoms.